The third kappa shape index (κ3) is 11.4. The highest BCUT2D eigenvalue weighted by Gasteiger charge is 2.14. The molecule has 0 radical (unpaired) electrons. The van der Waals surface area contributed by atoms with Crippen LogP contribution in [0.3, 0.4) is 0 Å². The molecule has 0 aromatic rings. The van der Waals surface area contributed by atoms with Crippen LogP contribution in [0, 0.1) is 0 Å². The molecule has 0 aliphatic rings. The Kier molecular flexibility index (Phi) is 11.1. The van der Waals surface area contributed by atoms with Crippen LogP contribution in [0.25, 0.3) is 0 Å². The zero-order chi connectivity index (χ0) is 18.5. The van der Waals surface area contributed by atoms with Crippen LogP contribution in [0.2, 0.25) is 0 Å². The quantitative estimate of drug-likeness (QED) is 0.287. The third-order valence-corrected chi connectivity index (χ3v) is 3.25. The van der Waals surface area contributed by atoms with Crippen molar-refractivity contribution >= 4 is 24.0 Å². The van der Waals surface area contributed by atoms with Gasteiger partial charge in [0.25, 0.3) is 0 Å². The number of unbranched alkanes of at least 4 members (excludes halogenated alkanes) is 3. The number of carbonyl (C=O) groups is 4. The number of rotatable bonds is 11. The second-order valence-electron chi connectivity index (χ2n) is 5.35. The number of carboxylic acid groups (broad SMARTS) is 2. The second kappa shape index (κ2) is 12.3. The molecule has 10 heteroatoms. The van der Waals surface area contributed by atoms with E-state index in [-0.39, 0.29) is 0 Å². The largest absolute Gasteiger partial charge is 0.465 e. The molecule has 10 nitrogen and oxygen atoms in total. The first kappa shape index (κ1) is 21.8. The molecule has 2 unspecified atom stereocenters. The number of imide groups is 2. The summed E-state index contributed by atoms with van der Waals surface area (Å²) >= 11 is 0. The third-order valence-electron chi connectivity index (χ3n) is 3.25. The Morgan fingerprint density at radius 2 is 1.04 bits per heavy atom. The smallest absolute Gasteiger partial charge is 0.411 e. The summed E-state index contributed by atoms with van der Waals surface area (Å²) in [4.78, 5) is 43.3. The summed E-state index contributed by atoms with van der Waals surface area (Å²) in [7, 11) is 0. The molecule has 0 aliphatic carbocycles. The maximum Gasteiger partial charge on any atom is 0.411 e. The summed E-state index contributed by atoms with van der Waals surface area (Å²) < 4.78 is 0. The van der Waals surface area contributed by atoms with Crippen LogP contribution >= 0.6 is 0 Å². The fraction of sp³-hybridized carbons (Fsp3) is 0.714. The van der Waals surface area contributed by atoms with Crippen LogP contribution in [0.5, 0.6) is 0 Å². The summed E-state index contributed by atoms with van der Waals surface area (Å²) in [5.74, 6) is -1.17. The Hall–Kier alpha value is -2.20. The maximum atomic E-state index is 11.3. The SMILES string of the molecule is CC(NCCCCCCNC(C)C(=O)NC(=O)O)C(=O)NC(=O)O. The highest BCUT2D eigenvalue weighted by molar-refractivity contribution is 5.94. The lowest BCUT2D eigenvalue weighted by atomic mass is 10.2. The fourth-order valence-corrected chi connectivity index (χ4v) is 1.85. The first-order chi connectivity index (χ1) is 11.2. The molecule has 0 rings (SSSR count). The lowest BCUT2D eigenvalue weighted by Crippen LogP contribution is -2.44. The van der Waals surface area contributed by atoms with Gasteiger partial charge in [-0.25, -0.2) is 9.59 Å². The first-order valence-corrected chi connectivity index (χ1v) is 7.78. The number of hydrogen-bond acceptors (Lipinski definition) is 6. The van der Waals surface area contributed by atoms with Crippen LogP contribution in [-0.4, -0.2) is 59.4 Å². The van der Waals surface area contributed by atoms with Gasteiger partial charge in [0.2, 0.25) is 11.8 Å². The van der Waals surface area contributed by atoms with E-state index in [0.717, 1.165) is 25.7 Å². The number of amides is 4. The van der Waals surface area contributed by atoms with E-state index < -0.39 is 36.1 Å². The predicted octanol–water partition coefficient (Wildman–Crippen LogP) is 0.0914. The predicted molar refractivity (Wildman–Crippen MR) is 85.7 cm³/mol. The van der Waals surface area contributed by atoms with Gasteiger partial charge in [0, 0.05) is 0 Å². The van der Waals surface area contributed by atoms with Crippen LogP contribution < -0.4 is 21.3 Å². The molecule has 24 heavy (non-hydrogen) atoms. The zero-order valence-electron chi connectivity index (χ0n) is 13.9. The normalized spacial score (nSPS) is 12.9. The van der Waals surface area contributed by atoms with Crippen molar-refractivity contribution in [2.75, 3.05) is 13.1 Å². The molecule has 0 spiro atoms. The van der Waals surface area contributed by atoms with Crippen molar-refractivity contribution in [2.24, 2.45) is 0 Å². The summed E-state index contributed by atoms with van der Waals surface area (Å²) in [6, 6.07) is -1.15. The summed E-state index contributed by atoms with van der Waals surface area (Å²) in [6.07, 6.45) is 0.759. The first-order valence-electron chi connectivity index (χ1n) is 7.78. The van der Waals surface area contributed by atoms with Crippen molar-refractivity contribution in [1.82, 2.24) is 21.3 Å². The summed E-state index contributed by atoms with van der Waals surface area (Å²) in [5, 5.41) is 26.3. The molecule has 6 N–H and O–H groups in total. The molecule has 0 fully saturated rings. The Balaban J connectivity index is 3.57. The minimum absolute atomic E-state index is 0.573. The Labute approximate surface area is 140 Å². The van der Waals surface area contributed by atoms with Crippen molar-refractivity contribution in [3.05, 3.63) is 0 Å². The molecule has 0 aromatic carbocycles. The summed E-state index contributed by atoms with van der Waals surface area (Å²) in [6.45, 7) is 4.37. The van der Waals surface area contributed by atoms with Gasteiger partial charge >= 0.3 is 12.2 Å². The van der Waals surface area contributed by atoms with E-state index in [1.807, 2.05) is 0 Å². The van der Waals surface area contributed by atoms with Gasteiger partial charge in [0.05, 0.1) is 12.1 Å². The average molecular weight is 346 g/mol. The van der Waals surface area contributed by atoms with Gasteiger partial charge in [0.1, 0.15) is 0 Å². The Morgan fingerprint density at radius 1 is 0.708 bits per heavy atom. The minimum atomic E-state index is -1.37. The minimum Gasteiger partial charge on any atom is -0.465 e. The van der Waals surface area contributed by atoms with E-state index in [0.29, 0.717) is 13.1 Å². The van der Waals surface area contributed by atoms with E-state index in [1.54, 1.807) is 24.5 Å². The average Bonchev–Trinajstić information content (AvgIpc) is 2.47. The van der Waals surface area contributed by atoms with Crippen LogP contribution in [-0.2, 0) is 9.59 Å². The van der Waals surface area contributed by atoms with Gasteiger partial charge in [-0.3, -0.25) is 20.2 Å². The van der Waals surface area contributed by atoms with E-state index in [1.165, 1.54) is 0 Å². The maximum absolute atomic E-state index is 11.3. The van der Waals surface area contributed by atoms with E-state index in [2.05, 4.69) is 10.6 Å². The van der Waals surface area contributed by atoms with Crippen molar-refractivity contribution in [3.8, 4) is 0 Å². The molecule has 0 saturated heterocycles. The second-order valence-corrected chi connectivity index (χ2v) is 5.35. The monoisotopic (exact) mass is 346 g/mol. The number of carbonyl (C=O) groups excluding carboxylic acids is 2. The van der Waals surface area contributed by atoms with Gasteiger partial charge in [0.15, 0.2) is 0 Å². The van der Waals surface area contributed by atoms with Crippen molar-refractivity contribution in [2.45, 2.75) is 51.6 Å². The van der Waals surface area contributed by atoms with E-state index in [4.69, 9.17) is 10.2 Å². The van der Waals surface area contributed by atoms with E-state index in [9.17, 15) is 19.2 Å². The molecule has 4 amide bonds. The van der Waals surface area contributed by atoms with Crippen molar-refractivity contribution in [3.63, 3.8) is 0 Å². The van der Waals surface area contributed by atoms with E-state index >= 15 is 0 Å². The van der Waals surface area contributed by atoms with Crippen molar-refractivity contribution < 1.29 is 29.4 Å². The molecule has 0 bridgehead atoms. The molecule has 0 heterocycles. The number of nitrogens with one attached hydrogen (secondary N) is 4. The molecule has 0 aromatic heterocycles. The van der Waals surface area contributed by atoms with Gasteiger partial charge in [-0.05, 0) is 39.8 Å². The summed E-state index contributed by atoms with van der Waals surface area (Å²) in [5.41, 5.74) is 0. The van der Waals surface area contributed by atoms with Crippen molar-refractivity contribution in [1.29, 1.82) is 0 Å². The molecule has 138 valence electrons. The Morgan fingerprint density at radius 3 is 1.33 bits per heavy atom. The highest BCUT2D eigenvalue weighted by atomic mass is 16.4. The lowest BCUT2D eigenvalue weighted by molar-refractivity contribution is -0.122. The fourth-order valence-electron chi connectivity index (χ4n) is 1.85. The number of hydrogen-bond donors (Lipinski definition) is 6. The zero-order valence-corrected chi connectivity index (χ0v) is 13.9. The Bertz CT molecular complexity index is 403. The topological polar surface area (TPSA) is 157 Å². The highest BCUT2D eigenvalue weighted by Crippen LogP contribution is 1.99. The lowest BCUT2D eigenvalue weighted by Gasteiger charge is -2.13. The van der Waals surface area contributed by atoms with Crippen LogP contribution in [0.4, 0.5) is 9.59 Å². The molecule has 2 atom stereocenters. The molecular formula is C14H26N4O6. The van der Waals surface area contributed by atoms with Gasteiger partial charge in [-0.15, -0.1) is 0 Å². The van der Waals surface area contributed by atoms with Crippen LogP contribution in [0.1, 0.15) is 39.5 Å². The molecular weight excluding hydrogens is 320 g/mol. The molecule has 0 aliphatic heterocycles. The standard InChI is InChI=1S/C14H26N4O6/c1-9(11(19)17-13(21)22)15-7-5-3-4-6-8-16-10(2)12(20)18-14(23)24/h9-10,15-16H,3-8H2,1-2H3,(H,17,19)(H,18,20)(H,21,22)(H,23,24). The molecule has 0 saturated carbocycles. The van der Waals surface area contributed by atoms with Gasteiger partial charge < -0.3 is 20.8 Å². The van der Waals surface area contributed by atoms with Crippen LogP contribution in [0.15, 0.2) is 0 Å². The van der Waals surface area contributed by atoms with Gasteiger partial charge in [-0.1, -0.05) is 12.8 Å². The van der Waals surface area contributed by atoms with Gasteiger partial charge in [-0.2, -0.15) is 0 Å².